The number of aromatic nitrogens is 1. The van der Waals surface area contributed by atoms with E-state index in [0.717, 1.165) is 29.0 Å². The molecule has 1 saturated heterocycles. The first kappa shape index (κ1) is 22.7. The van der Waals surface area contributed by atoms with E-state index in [0.29, 0.717) is 31.1 Å². The molecule has 174 valence electrons. The standard InChI is InChI=1S/C22H20F3N3O4S/c23-22(24,25)16-3-5-17(6-4-16)27-10-9-26(20(27)30)11-12-32-18-7-1-15(2-8-18)13-28-19(29)14-33-21(28)31/h1-8,14,29H,9-13H2. The second kappa shape index (κ2) is 9.18. The highest BCUT2D eigenvalue weighted by atomic mass is 32.1. The predicted octanol–water partition coefficient (Wildman–Crippen LogP) is 4.00. The van der Waals surface area contributed by atoms with Gasteiger partial charge in [-0.25, -0.2) is 4.79 Å². The van der Waals surface area contributed by atoms with Gasteiger partial charge in [0.1, 0.15) is 12.4 Å². The van der Waals surface area contributed by atoms with Crippen molar-refractivity contribution in [2.24, 2.45) is 0 Å². The molecule has 33 heavy (non-hydrogen) atoms. The molecule has 1 N–H and O–H groups in total. The molecule has 0 bridgehead atoms. The lowest BCUT2D eigenvalue weighted by Crippen LogP contribution is -2.34. The zero-order valence-electron chi connectivity index (χ0n) is 17.3. The lowest BCUT2D eigenvalue weighted by molar-refractivity contribution is -0.137. The minimum Gasteiger partial charge on any atom is -0.494 e. The van der Waals surface area contributed by atoms with E-state index in [2.05, 4.69) is 0 Å². The van der Waals surface area contributed by atoms with Crippen LogP contribution < -0.4 is 14.5 Å². The second-order valence-corrected chi connectivity index (χ2v) is 8.22. The van der Waals surface area contributed by atoms with Crippen molar-refractivity contribution in [3.63, 3.8) is 0 Å². The molecule has 3 aromatic rings. The van der Waals surface area contributed by atoms with Crippen molar-refractivity contribution in [2.45, 2.75) is 12.7 Å². The Morgan fingerprint density at radius 3 is 2.30 bits per heavy atom. The first-order valence-corrected chi connectivity index (χ1v) is 10.9. The predicted molar refractivity (Wildman–Crippen MR) is 117 cm³/mol. The minimum atomic E-state index is -4.42. The van der Waals surface area contributed by atoms with E-state index in [-0.39, 0.29) is 29.9 Å². The van der Waals surface area contributed by atoms with E-state index < -0.39 is 11.7 Å². The number of carbonyl (C=O) groups excluding carboxylic acids is 1. The maximum Gasteiger partial charge on any atom is 0.416 e. The Bertz CT molecular complexity index is 1170. The highest BCUT2D eigenvalue weighted by Gasteiger charge is 2.32. The number of hydrogen-bond donors (Lipinski definition) is 1. The summed E-state index contributed by atoms with van der Waals surface area (Å²) in [5.41, 5.74) is 0.483. The molecule has 0 atom stereocenters. The number of benzene rings is 2. The van der Waals surface area contributed by atoms with Crippen LogP contribution in [0.1, 0.15) is 11.1 Å². The number of alkyl halides is 3. The van der Waals surface area contributed by atoms with E-state index >= 15 is 0 Å². The van der Waals surface area contributed by atoms with Crippen molar-refractivity contribution in [1.82, 2.24) is 9.47 Å². The highest BCUT2D eigenvalue weighted by Crippen LogP contribution is 2.31. The molecule has 1 aliphatic heterocycles. The van der Waals surface area contributed by atoms with Crippen LogP contribution in [0.4, 0.5) is 23.7 Å². The van der Waals surface area contributed by atoms with Gasteiger partial charge in [0.05, 0.1) is 24.0 Å². The normalized spacial score (nSPS) is 14.2. The SMILES string of the molecule is O=C1N(CCOc2ccc(Cn3c(O)csc3=O)cc2)CCN1c1ccc(C(F)(F)F)cc1. The first-order chi connectivity index (χ1) is 15.7. The van der Waals surface area contributed by atoms with Crippen LogP contribution >= 0.6 is 11.3 Å². The smallest absolute Gasteiger partial charge is 0.416 e. The molecule has 4 rings (SSSR count). The van der Waals surface area contributed by atoms with Gasteiger partial charge in [0.25, 0.3) is 0 Å². The molecule has 7 nitrogen and oxygen atoms in total. The van der Waals surface area contributed by atoms with Crippen LogP contribution in [0.3, 0.4) is 0 Å². The Kier molecular flexibility index (Phi) is 6.32. The van der Waals surface area contributed by atoms with Crippen molar-refractivity contribution < 1.29 is 27.8 Å². The fourth-order valence-electron chi connectivity index (χ4n) is 3.48. The third-order valence-electron chi connectivity index (χ3n) is 5.26. The number of hydrogen-bond acceptors (Lipinski definition) is 5. The molecule has 11 heteroatoms. The maximum atomic E-state index is 12.7. The summed E-state index contributed by atoms with van der Waals surface area (Å²) in [6.07, 6.45) is -4.42. The molecule has 0 radical (unpaired) electrons. The molecular weight excluding hydrogens is 459 g/mol. The Hall–Kier alpha value is -3.47. The highest BCUT2D eigenvalue weighted by molar-refractivity contribution is 7.07. The van der Waals surface area contributed by atoms with E-state index in [9.17, 15) is 27.9 Å². The van der Waals surface area contributed by atoms with Crippen molar-refractivity contribution in [3.05, 3.63) is 74.7 Å². The quantitative estimate of drug-likeness (QED) is 0.556. The molecule has 0 aliphatic carbocycles. The first-order valence-electron chi connectivity index (χ1n) is 10.0. The van der Waals surface area contributed by atoms with E-state index in [1.165, 1.54) is 27.0 Å². The molecule has 2 heterocycles. The molecule has 1 aromatic heterocycles. The van der Waals surface area contributed by atoms with Crippen molar-refractivity contribution in [3.8, 4) is 11.6 Å². The fourth-order valence-corrected chi connectivity index (χ4v) is 4.10. The molecule has 2 amide bonds. The number of urea groups is 1. The summed E-state index contributed by atoms with van der Waals surface area (Å²) in [7, 11) is 0. The molecule has 1 fully saturated rings. The van der Waals surface area contributed by atoms with Crippen LogP contribution in [0.25, 0.3) is 0 Å². The summed E-state index contributed by atoms with van der Waals surface area (Å²) in [6, 6.07) is 11.3. The molecule has 0 spiro atoms. The number of rotatable bonds is 7. The van der Waals surface area contributed by atoms with Crippen molar-refractivity contribution in [1.29, 1.82) is 0 Å². The number of halogens is 3. The van der Waals surface area contributed by atoms with E-state index in [4.69, 9.17) is 4.74 Å². The van der Waals surface area contributed by atoms with Crippen LogP contribution in [0.2, 0.25) is 0 Å². The number of carbonyl (C=O) groups is 1. The van der Waals surface area contributed by atoms with Gasteiger partial charge in [-0.05, 0) is 42.0 Å². The number of aromatic hydroxyl groups is 1. The van der Waals surface area contributed by atoms with E-state index in [1.54, 1.807) is 29.2 Å². The zero-order valence-corrected chi connectivity index (χ0v) is 18.1. The van der Waals surface area contributed by atoms with Gasteiger partial charge in [0.2, 0.25) is 5.88 Å². The van der Waals surface area contributed by atoms with E-state index in [1.807, 2.05) is 0 Å². The Balaban J connectivity index is 1.28. The lowest BCUT2D eigenvalue weighted by Gasteiger charge is -2.19. The van der Waals surface area contributed by atoms with Crippen LogP contribution in [0, 0.1) is 0 Å². The number of anilines is 1. The molecular formula is C22H20F3N3O4S. The van der Waals surface area contributed by atoms with Crippen LogP contribution in [0.5, 0.6) is 11.6 Å². The molecule has 0 saturated carbocycles. The van der Waals surface area contributed by atoms with Gasteiger partial charge in [-0.3, -0.25) is 14.3 Å². The largest absolute Gasteiger partial charge is 0.494 e. The summed E-state index contributed by atoms with van der Waals surface area (Å²) in [5.74, 6) is 0.512. The summed E-state index contributed by atoms with van der Waals surface area (Å²) in [6.45, 7) is 1.65. The number of amides is 2. The molecule has 2 aromatic carbocycles. The topological polar surface area (TPSA) is 75.0 Å². The monoisotopic (exact) mass is 479 g/mol. The summed E-state index contributed by atoms with van der Waals surface area (Å²) in [4.78, 5) is 27.1. The van der Waals surface area contributed by atoms with Crippen LogP contribution in [-0.2, 0) is 12.7 Å². The molecule has 0 unspecified atom stereocenters. The maximum absolute atomic E-state index is 12.7. The third kappa shape index (κ3) is 5.14. The minimum absolute atomic E-state index is 0.0778. The van der Waals surface area contributed by atoms with Gasteiger partial charge < -0.3 is 14.7 Å². The lowest BCUT2D eigenvalue weighted by atomic mass is 10.2. The van der Waals surface area contributed by atoms with Crippen molar-refractivity contribution in [2.75, 3.05) is 31.1 Å². The Labute approximate surface area is 190 Å². The van der Waals surface area contributed by atoms with Gasteiger partial charge in [-0.1, -0.05) is 23.5 Å². The number of nitrogens with zero attached hydrogens (tertiary/aromatic N) is 3. The Morgan fingerprint density at radius 1 is 1.00 bits per heavy atom. The average molecular weight is 479 g/mol. The molecule has 1 aliphatic rings. The summed E-state index contributed by atoms with van der Waals surface area (Å²) < 4.78 is 45.1. The Morgan fingerprint density at radius 2 is 1.70 bits per heavy atom. The number of ether oxygens (including phenoxy) is 1. The van der Waals surface area contributed by atoms with Crippen molar-refractivity contribution >= 4 is 23.1 Å². The van der Waals surface area contributed by atoms with Crippen LogP contribution in [0.15, 0.2) is 58.7 Å². The van der Waals surface area contributed by atoms with Gasteiger partial charge in [0, 0.05) is 18.8 Å². The van der Waals surface area contributed by atoms with Gasteiger partial charge in [-0.15, -0.1) is 0 Å². The van der Waals surface area contributed by atoms with Gasteiger partial charge in [0.15, 0.2) is 0 Å². The summed E-state index contributed by atoms with van der Waals surface area (Å²) >= 11 is 0.929. The van der Waals surface area contributed by atoms with Gasteiger partial charge in [-0.2, -0.15) is 13.2 Å². The average Bonchev–Trinajstić information content (AvgIpc) is 3.31. The zero-order chi connectivity index (χ0) is 23.6. The fraction of sp³-hybridized carbons (Fsp3) is 0.273. The van der Waals surface area contributed by atoms with Crippen LogP contribution in [-0.4, -0.2) is 46.8 Å². The van der Waals surface area contributed by atoms with Gasteiger partial charge >= 0.3 is 17.1 Å². The number of thiazole rings is 1. The summed E-state index contributed by atoms with van der Waals surface area (Å²) in [5, 5.41) is 11.1. The second-order valence-electron chi connectivity index (χ2n) is 7.40. The third-order valence-corrected chi connectivity index (χ3v) is 6.01.